The fourth-order valence-corrected chi connectivity index (χ4v) is 2.79. The van der Waals surface area contributed by atoms with Crippen LogP contribution < -0.4 is 4.90 Å². The van der Waals surface area contributed by atoms with Crippen molar-refractivity contribution in [2.75, 3.05) is 11.4 Å². The molecule has 1 amide bonds. The van der Waals surface area contributed by atoms with Crippen molar-refractivity contribution in [3.63, 3.8) is 0 Å². The molecule has 0 N–H and O–H groups in total. The molecule has 1 aliphatic carbocycles. The van der Waals surface area contributed by atoms with Gasteiger partial charge in [0.25, 0.3) is 5.91 Å². The van der Waals surface area contributed by atoms with Crippen LogP contribution in [0.4, 0.5) is 5.69 Å². The summed E-state index contributed by atoms with van der Waals surface area (Å²) in [6, 6.07) is 7.12. The number of amides is 1. The second-order valence-electron chi connectivity index (χ2n) is 5.95. The van der Waals surface area contributed by atoms with E-state index in [1.165, 1.54) is 0 Å². The lowest BCUT2D eigenvalue weighted by Gasteiger charge is -2.21. The van der Waals surface area contributed by atoms with Gasteiger partial charge in [0.05, 0.1) is 22.6 Å². The van der Waals surface area contributed by atoms with Crippen molar-refractivity contribution in [1.29, 1.82) is 0 Å². The Morgan fingerprint density at radius 3 is 2.72 bits per heavy atom. The van der Waals surface area contributed by atoms with Gasteiger partial charge in [-0.15, -0.1) is 10.2 Å². The summed E-state index contributed by atoms with van der Waals surface area (Å²) < 4.78 is 2.44. The Labute approximate surface area is 152 Å². The Balaban J connectivity index is 1.59. The second-order valence-corrected chi connectivity index (χ2v) is 6.87. The number of hydrogen-bond donors (Lipinski definition) is 0. The molecule has 0 radical (unpaired) electrons. The van der Waals surface area contributed by atoms with Gasteiger partial charge in [0.15, 0.2) is 11.5 Å². The molecule has 1 aliphatic rings. The first-order valence-electron chi connectivity index (χ1n) is 7.97. The molecule has 0 unspecified atom stereocenters. The molecule has 0 saturated heterocycles. The van der Waals surface area contributed by atoms with Crippen LogP contribution in [0.15, 0.2) is 53.5 Å². The molecule has 4 rings (SSSR count). The van der Waals surface area contributed by atoms with Crippen molar-refractivity contribution >= 4 is 27.5 Å². The van der Waals surface area contributed by atoms with Gasteiger partial charge in [0.2, 0.25) is 0 Å². The minimum absolute atomic E-state index is 0.166. The van der Waals surface area contributed by atoms with E-state index in [0.29, 0.717) is 24.0 Å². The largest absolute Gasteiger partial charge is 0.305 e. The molecular weight excluding hydrogens is 384 g/mol. The number of pyridine rings is 1. The van der Waals surface area contributed by atoms with Crippen LogP contribution in [0.5, 0.6) is 0 Å². The molecule has 8 heteroatoms. The molecule has 126 valence electrons. The molecular formula is C17H15BrN6O. The van der Waals surface area contributed by atoms with Gasteiger partial charge in [-0.3, -0.25) is 9.78 Å². The molecule has 0 aliphatic heterocycles. The van der Waals surface area contributed by atoms with E-state index in [-0.39, 0.29) is 5.91 Å². The SMILES string of the molecule is O=C(c1ccc(-n2cc(Br)cn2)nn1)N(CC1CC1)c1cccnc1. The van der Waals surface area contributed by atoms with Crippen LogP contribution in [-0.4, -0.2) is 37.4 Å². The first kappa shape index (κ1) is 15.9. The number of halogens is 1. The molecule has 0 bridgehead atoms. The van der Waals surface area contributed by atoms with Crippen molar-refractivity contribution in [1.82, 2.24) is 25.0 Å². The number of aromatic nitrogens is 5. The maximum absolute atomic E-state index is 12.9. The summed E-state index contributed by atoms with van der Waals surface area (Å²) in [5, 5.41) is 12.4. The number of rotatable bonds is 5. The molecule has 1 fully saturated rings. The summed E-state index contributed by atoms with van der Waals surface area (Å²) >= 11 is 3.34. The van der Waals surface area contributed by atoms with Crippen molar-refractivity contribution in [2.45, 2.75) is 12.8 Å². The quantitative estimate of drug-likeness (QED) is 0.660. The molecule has 25 heavy (non-hydrogen) atoms. The first-order chi connectivity index (χ1) is 12.2. The lowest BCUT2D eigenvalue weighted by atomic mass is 10.2. The monoisotopic (exact) mass is 398 g/mol. The van der Waals surface area contributed by atoms with Gasteiger partial charge in [0, 0.05) is 18.9 Å². The zero-order valence-corrected chi connectivity index (χ0v) is 14.9. The lowest BCUT2D eigenvalue weighted by Crippen LogP contribution is -2.33. The van der Waals surface area contributed by atoms with Gasteiger partial charge in [-0.25, -0.2) is 4.68 Å². The Bertz CT molecular complexity index is 876. The van der Waals surface area contributed by atoms with Crippen molar-refractivity contribution in [3.8, 4) is 5.82 Å². The summed E-state index contributed by atoms with van der Waals surface area (Å²) in [4.78, 5) is 18.8. The van der Waals surface area contributed by atoms with E-state index < -0.39 is 0 Å². The van der Waals surface area contributed by atoms with Gasteiger partial charge < -0.3 is 4.90 Å². The third kappa shape index (κ3) is 3.58. The Kier molecular flexibility index (Phi) is 4.27. The van der Waals surface area contributed by atoms with E-state index in [9.17, 15) is 4.79 Å². The fourth-order valence-electron chi connectivity index (χ4n) is 2.50. The van der Waals surface area contributed by atoms with E-state index in [1.807, 2.05) is 12.1 Å². The lowest BCUT2D eigenvalue weighted by molar-refractivity contribution is 0.0980. The number of nitrogens with zero attached hydrogens (tertiary/aromatic N) is 6. The molecule has 0 spiro atoms. The highest BCUT2D eigenvalue weighted by atomic mass is 79.9. The Morgan fingerprint density at radius 1 is 1.24 bits per heavy atom. The summed E-state index contributed by atoms with van der Waals surface area (Å²) in [5.41, 5.74) is 1.08. The topological polar surface area (TPSA) is 76.8 Å². The zero-order valence-electron chi connectivity index (χ0n) is 13.3. The van der Waals surface area contributed by atoms with Crippen LogP contribution in [0.25, 0.3) is 5.82 Å². The predicted molar refractivity (Wildman–Crippen MR) is 95.5 cm³/mol. The summed E-state index contributed by atoms with van der Waals surface area (Å²) in [5.74, 6) is 0.941. The van der Waals surface area contributed by atoms with Gasteiger partial charge in [-0.1, -0.05) is 0 Å². The van der Waals surface area contributed by atoms with Gasteiger partial charge in [-0.2, -0.15) is 5.10 Å². The standard InChI is InChI=1S/C17H15BrN6O/c18-13-8-20-24(11-13)16-6-5-15(21-22-16)17(25)23(10-12-3-4-12)14-2-1-7-19-9-14/h1-2,5-9,11-12H,3-4,10H2. The van der Waals surface area contributed by atoms with Crippen LogP contribution in [0, 0.1) is 5.92 Å². The zero-order chi connectivity index (χ0) is 17.2. The van der Waals surface area contributed by atoms with E-state index in [0.717, 1.165) is 23.0 Å². The highest BCUT2D eigenvalue weighted by molar-refractivity contribution is 9.10. The van der Waals surface area contributed by atoms with E-state index >= 15 is 0 Å². The Hall–Kier alpha value is -2.61. The highest BCUT2D eigenvalue weighted by Gasteiger charge is 2.29. The molecule has 0 aromatic carbocycles. The summed E-state index contributed by atoms with van der Waals surface area (Å²) in [6.45, 7) is 0.681. The third-order valence-corrected chi connectivity index (χ3v) is 4.41. The number of anilines is 1. The van der Waals surface area contributed by atoms with E-state index in [2.05, 4.69) is 36.2 Å². The Morgan fingerprint density at radius 2 is 2.12 bits per heavy atom. The minimum atomic E-state index is -0.166. The molecule has 3 aromatic heterocycles. The number of carbonyl (C=O) groups excluding carboxylic acids is 1. The molecule has 0 atom stereocenters. The maximum atomic E-state index is 12.9. The van der Waals surface area contributed by atoms with Gasteiger partial charge in [0.1, 0.15) is 0 Å². The van der Waals surface area contributed by atoms with Crippen LogP contribution in [-0.2, 0) is 0 Å². The van der Waals surface area contributed by atoms with Crippen molar-refractivity contribution in [2.24, 2.45) is 5.92 Å². The second kappa shape index (κ2) is 6.72. The third-order valence-electron chi connectivity index (χ3n) is 4.00. The molecule has 3 aromatic rings. The first-order valence-corrected chi connectivity index (χ1v) is 8.76. The fraction of sp³-hybridized carbons (Fsp3) is 0.235. The van der Waals surface area contributed by atoms with E-state index in [1.54, 1.807) is 46.5 Å². The van der Waals surface area contributed by atoms with Crippen LogP contribution in [0.1, 0.15) is 23.3 Å². The minimum Gasteiger partial charge on any atom is -0.305 e. The summed E-state index contributed by atoms with van der Waals surface area (Å²) in [7, 11) is 0. The molecule has 7 nitrogen and oxygen atoms in total. The smallest absolute Gasteiger partial charge is 0.278 e. The number of carbonyl (C=O) groups is 1. The van der Waals surface area contributed by atoms with Gasteiger partial charge >= 0.3 is 0 Å². The summed E-state index contributed by atoms with van der Waals surface area (Å²) in [6.07, 6.45) is 9.15. The predicted octanol–water partition coefficient (Wildman–Crippen LogP) is 2.88. The van der Waals surface area contributed by atoms with Crippen molar-refractivity contribution < 1.29 is 4.79 Å². The van der Waals surface area contributed by atoms with E-state index in [4.69, 9.17) is 0 Å². The highest BCUT2D eigenvalue weighted by Crippen LogP contribution is 2.31. The van der Waals surface area contributed by atoms with Crippen LogP contribution in [0.3, 0.4) is 0 Å². The molecule has 3 heterocycles. The van der Waals surface area contributed by atoms with Gasteiger partial charge in [-0.05, 0) is 59.0 Å². The van der Waals surface area contributed by atoms with Crippen LogP contribution in [0.2, 0.25) is 0 Å². The maximum Gasteiger partial charge on any atom is 0.278 e. The normalized spacial score (nSPS) is 13.6. The average Bonchev–Trinajstić information content (AvgIpc) is 3.38. The average molecular weight is 399 g/mol. The molecule has 1 saturated carbocycles. The number of hydrogen-bond acceptors (Lipinski definition) is 5. The van der Waals surface area contributed by atoms with Crippen molar-refractivity contribution in [3.05, 3.63) is 59.2 Å². The van der Waals surface area contributed by atoms with Crippen LogP contribution >= 0.6 is 15.9 Å².